The number of H-pyrrole nitrogens is 1. The number of pyridine rings is 1. The van der Waals surface area contributed by atoms with Crippen LogP contribution in [0, 0.1) is 0 Å². The first kappa shape index (κ1) is 14.1. The molecule has 2 heterocycles. The summed E-state index contributed by atoms with van der Waals surface area (Å²) < 4.78 is 0. The van der Waals surface area contributed by atoms with Crippen LogP contribution in [0.25, 0.3) is 22.4 Å². The number of phenols is 1. The summed E-state index contributed by atoms with van der Waals surface area (Å²) >= 11 is 0. The van der Waals surface area contributed by atoms with Crippen LogP contribution in [-0.2, 0) is 0 Å². The van der Waals surface area contributed by atoms with E-state index in [4.69, 9.17) is 0 Å². The minimum atomic E-state index is 0.134. The van der Waals surface area contributed by atoms with Crippen LogP contribution >= 0.6 is 0 Å². The molecule has 0 radical (unpaired) electrons. The third-order valence-corrected chi connectivity index (χ3v) is 3.55. The number of aromatic hydroxyl groups is 1. The standard InChI is InChI=1S/C18H13N5O/c24-17-8-7-12(22-23-13-4-3-9-19-11-13)10-14(17)18-20-15-5-1-2-6-16(15)21-18/h1-11,24H,(H,20,21). The second kappa shape index (κ2) is 5.92. The van der Waals surface area contributed by atoms with Gasteiger partial charge in [-0.1, -0.05) is 12.1 Å². The van der Waals surface area contributed by atoms with Gasteiger partial charge < -0.3 is 10.1 Å². The summed E-state index contributed by atoms with van der Waals surface area (Å²) in [6.45, 7) is 0. The molecule has 6 nitrogen and oxygen atoms in total. The molecule has 0 saturated carbocycles. The molecule has 0 aliphatic carbocycles. The molecular formula is C18H13N5O. The zero-order valence-corrected chi connectivity index (χ0v) is 12.6. The van der Waals surface area contributed by atoms with Gasteiger partial charge in [0.25, 0.3) is 0 Å². The Kier molecular flexibility index (Phi) is 3.47. The number of aromatic amines is 1. The minimum Gasteiger partial charge on any atom is -0.507 e. The number of hydrogen-bond acceptors (Lipinski definition) is 5. The largest absolute Gasteiger partial charge is 0.507 e. The summed E-state index contributed by atoms with van der Waals surface area (Å²) in [7, 11) is 0. The number of benzene rings is 2. The Morgan fingerprint density at radius 2 is 1.79 bits per heavy atom. The number of para-hydroxylation sites is 2. The molecule has 0 fully saturated rings. The highest BCUT2D eigenvalue weighted by Crippen LogP contribution is 2.32. The van der Waals surface area contributed by atoms with E-state index in [1.807, 2.05) is 30.3 Å². The third-order valence-electron chi connectivity index (χ3n) is 3.55. The molecular weight excluding hydrogens is 302 g/mol. The molecule has 0 amide bonds. The predicted molar refractivity (Wildman–Crippen MR) is 91.6 cm³/mol. The van der Waals surface area contributed by atoms with Gasteiger partial charge in [-0.05, 0) is 42.5 Å². The number of nitrogens with one attached hydrogen (secondary N) is 1. The van der Waals surface area contributed by atoms with Crippen LogP contribution in [0.1, 0.15) is 0 Å². The second-order valence-electron chi connectivity index (χ2n) is 5.22. The maximum atomic E-state index is 10.2. The van der Waals surface area contributed by atoms with Gasteiger partial charge in [0, 0.05) is 6.20 Å². The Bertz CT molecular complexity index is 991. The fourth-order valence-corrected chi connectivity index (χ4v) is 2.38. The summed E-state index contributed by atoms with van der Waals surface area (Å²) in [5.41, 5.74) is 3.61. The summed E-state index contributed by atoms with van der Waals surface area (Å²) in [6.07, 6.45) is 3.31. The lowest BCUT2D eigenvalue weighted by molar-refractivity contribution is 0.477. The van der Waals surface area contributed by atoms with E-state index in [-0.39, 0.29) is 5.75 Å². The van der Waals surface area contributed by atoms with E-state index in [1.165, 1.54) is 0 Å². The minimum absolute atomic E-state index is 0.134. The predicted octanol–water partition coefficient (Wildman–Crippen LogP) is 4.75. The van der Waals surface area contributed by atoms with Crippen LogP contribution in [0.5, 0.6) is 5.75 Å². The second-order valence-corrected chi connectivity index (χ2v) is 5.22. The summed E-state index contributed by atoms with van der Waals surface area (Å²) in [4.78, 5) is 11.7. The van der Waals surface area contributed by atoms with Gasteiger partial charge in [-0.15, -0.1) is 5.11 Å². The number of hydrogen-bond donors (Lipinski definition) is 2. The lowest BCUT2D eigenvalue weighted by Gasteiger charge is -2.02. The molecule has 0 bridgehead atoms. The molecule has 2 N–H and O–H groups in total. The van der Waals surface area contributed by atoms with Crippen molar-refractivity contribution >= 4 is 22.4 Å². The van der Waals surface area contributed by atoms with Gasteiger partial charge in [0.1, 0.15) is 17.3 Å². The number of aromatic nitrogens is 3. The average Bonchev–Trinajstić information content (AvgIpc) is 3.06. The highest BCUT2D eigenvalue weighted by molar-refractivity contribution is 5.81. The van der Waals surface area contributed by atoms with Crippen molar-refractivity contribution in [2.45, 2.75) is 0 Å². The molecule has 4 aromatic rings. The average molecular weight is 315 g/mol. The molecule has 6 heteroatoms. The molecule has 0 saturated heterocycles. The van der Waals surface area contributed by atoms with Crippen molar-refractivity contribution in [1.29, 1.82) is 0 Å². The van der Waals surface area contributed by atoms with Gasteiger partial charge in [0.05, 0.1) is 28.5 Å². The van der Waals surface area contributed by atoms with Gasteiger partial charge in [0.15, 0.2) is 0 Å². The fraction of sp³-hybridized carbons (Fsp3) is 0. The molecule has 0 unspecified atom stereocenters. The number of rotatable bonds is 3. The number of fused-ring (bicyclic) bond motifs is 1. The Morgan fingerprint density at radius 1 is 0.917 bits per heavy atom. The first-order valence-electron chi connectivity index (χ1n) is 7.39. The van der Waals surface area contributed by atoms with Crippen LogP contribution in [0.4, 0.5) is 11.4 Å². The molecule has 0 aliphatic heterocycles. The summed E-state index contributed by atoms with van der Waals surface area (Å²) in [5, 5.41) is 18.5. The van der Waals surface area contributed by atoms with Crippen molar-refractivity contribution in [3.05, 3.63) is 67.0 Å². The number of nitrogens with zero attached hydrogens (tertiary/aromatic N) is 4. The SMILES string of the molecule is Oc1ccc(N=Nc2cccnc2)cc1-c1nc2ccccc2[nH]1. The zero-order valence-electron chi connectivity index (χ0n) is 12.6. The quantitative estimate of drug-likeness (QED) is 0.535. The number of imidazole rings is 1. The van der Waals surface area contributed by atoms with Crippen molar-refractivity contribution < 1.29 is 5.11 Å². The van der Waals surface area contributed by atoms with Crippen molar-refractivity contribution in [3.8, 4) is 17.1 Å². The lowest BCUT2D eigenvalue weighted by Crippen LogP contribution is -1.81. The van der Waals surface area contributed by atoms with E-state index >= 15 is 0 Å². The summed E-state index contributed by atoms with van der Waals surface area (Å²) in [6, 6.07) is 16.3. The molecule has 0 atom stereocenters. The smallest absolute Gasteiger partial charge is 0.142 e. The molecule has 2 aromatic heterocycles. The molecule has 0 aliphatic rings. The van der Waals surface area contributed by atoms with E-state index in [1.54, 1.807) is 36.7 Å². The Hall–Kier alpha value is -3.54. The first-order chi connectivity index (χ1) is 11.8. The number of phenolic OH excluding ortho intramolecular Hbond substituents is 1. The van der Waals surface area contributed by atoms with Crippen LogP contribution < -0.4 is 0 Å². The number of azo groups is 1. The molecule has 116 valence electrons. The van der Waals surface area contributed by atoms with Crippen molar-refractivity contribution in [3.63, 3.8) is 0 Å². The van der Waals surface area contributed by atoms with E-state index in [2.05, 4.69) is 25.2 Å². The topological polar surface area (TPSA) is 86.5 Å². The Labute approximate surface area is 137 Å². The highest BCUT2D eigenvalue weighted by Gasteiger charge is 2.10. The molecule has 4 rings (SSSR count). The van der Waals surface area contributed by atoms with Crippen LogP contribution in [0.3, 0.4) is 0 Å². The van der Waals surface area contributed by atoms with E-state index in [0.717, 1.165) is 11.0 Å². The van der Waals surface area contributed by atoms with Crippen LogP contribution in [-0.4, -0.2) is 20.1 Å². The fourth-order valence-electron chi connectivity index (χ4n) is 2.38. The van der Waals surface area contributed by atoms with E-state index in [9.17, 15) is 5.11 Å². The molecule has 24 heavy (non-hydrogen) atoms. The van der Waals surface area contributed by atoms with Crippen molar-refractivity contribution in [2.75, 3.05) is 0 Å². The van der Waals surface area contributed by atoms with Gasteiger partial charge >= 0.3 is 0 Å². The Balaban J connectivity index is 1.72. The first-order valence-corrected chi connectivity index (χ1v) is 7.39. The normalized spacial score (nSPS) is 11.3. The highest BCUT2D eigenvalue weighted by atomic mass is 16.3. The van der Waals surface area contributed by atoms with Gasteiger partial charge in [0.2, 0.25) is 0 Å². The third kappa shape index (κ3) is 2.72. The molecule has 0 spiro atoms. The maximum Gasteiger partial charge on any atom is 0.142 e. The lowest BCUT2D eigenvalue weighted by atomic mass is 10.1. The zero-order chi connectivity index (χ0) is 16.4. The van der Waals surface area contributed by atoms with Crippen LogP contribution in [0.15, 0.2) is 77.2 Å². The van der Waals surface area contributed by atoms with Gasteiger partial charge in [-0.3, -0.25) is 4.98 Å². The van der Waals surface area contributed by atoms with Gasteiger partial charge in [-0.2, -0.15) is 5.11 Å². The van der Waals surface area contributed by atoms with Gasteiger partial charge in [-0.25, -0.2) is 4.98 Å². The van der Waals surface area contributed by atoms with Crippen molar-refractivity contribution in [1.82, 2.24) is 15.0 Å². The van der Waals surface area contributed by atoms with E-state index in [0.29, 0.717) is 22.8 Å². The molecule has 2 aromatic carbocycles. The summed E-state index contributed by atoms with van der Waals surface area (Å²) in [5.74, 6) is 0.724. The van der Waals surface area contributed by atoms with E-state index < -0.39 is 0 Å². The Morgan fingerprint density at radius 3 is 2.62 bits per heavy atom. The van der Waals surface area contributed by atoms with Crippen molar-refractivity contribution in [2.24, 2.45) is 10.2 Å². The van der Waals surface area contributed by atoms with Crippen LogP contribution in [0.2, 0.25) is 0 Å². The monoisotopic (exact) mass is 315 g/mol. The maximum absolute atomic E-state index is 10.2.